The lowest BCUT2D eigenvalue weighted by molar-refractivity contribution is -0.137. The Morgan fingerprint density at radius 3 is 2.53 bits per heavy atom. The van der Waals surface area contributed by atoms with Gasteiger partial charge in [0.25, 0.3) is 0 Å². The Labute approximate surface area is 98.0 Å². The van der Waals surface area contributed by atoms with Crippen molar-refractivity contribution in [2.45, 2.75) is 17.4 Å². The molecule has 0 saturated heterocycles. The van der Waals surface area contributed by atoms with Gasteiger partial charge >= 0.3 is 5.97 Å². The van der Waals surface area contributed by atoms with Gasteiger partial charge in [0.2, 0.25) is 0 Å². The van der Waals surface area contributed by atoms with Crippen molar-refractivity contribution in [2.75, 3.05) is 6.26 Å². The maximum absolute atomic E-state index is 13.5. The summed E-state index contributed by atoms with van der Waals surface area (Å²) in [5, 5.41) is 8.53. The number of hydrogen-bond acceptors (Lipinski definition) is 4. The molecule has 7 heteroatoms. The van der Waals surface area contributed by atoms with Crippen LogP contribution in [0.2, 0.25) is 0 Å². The first-order chi connectivity index (χ1) is 7.71. The van der Waals surface area contributed by atoms with E-state index in [1.165, 1.54) is 6.07 Å². The summed E-state index contributed by atoms with van der Waals surface area (Å²) in [6.45, 7) is 0. The second kappa shape index (κ2) is 4.80. The maximum atomic E-state index is 13.5. The van der Waals surface area contributed by atoms with Gasteiger partial charge < -0.3 is 10.8 Å². The first-order valence-electron chi connectivity index (χ1n) is 4.68. The summed E-state index contributed by atoms with van der Waals surface area (Å²) < 4.78 is 35.8. The average Bonchev–Trinajstić information content (AvgIpc) is 2.14. The molecule has 0 aliphatic rings. The van der Waals surface area contributed by atoms with Crippen LogP contribution in [0.1, 0.15) is 18.0 Å². The first-order valence-corrected chi connectivity index (χ1v) is 6.58. The molecule has 0 aliphatic heterocycles. The molecule has 0 bridgehead atoms. The zero-order valence-corrected chi connectivity index (χ0v) is 9.87. The fourth-order valence-electron chi connectivity index (χ4n) is 1.35. The minimum Gasteiger partial charge on any atom is -0.481 e. The van der Waals surface area contributed by atoms with Gasteiger partial charge in [-0.25, -0.2) is 12.8 Å². The van der Waals surface area contributed by atoms with Crippen LogP contribution in [0.3, 0.4) is 0 Å². The molecule has 1 aromatic carbocycles. The van der Waals surface area contributed by atoms with E-state index in [1.54, 1.807) is 0 Å². The normalized spacial score (nSPS) is 13.4. The van der Waals surface area contributed by atoms with Gasteiger partial charge in [0, 0.05) is 12.3 Å². The van der Waals surface area contributed by atoms with Crippen molar-refractivity contribution >= 4 is 15.8 Å². The quantitative estimate of drug-likeness (QED) is 0.831. The van der Waals surface area contributed by atoms with Crippen LogP contribution in [0.15, 0.2) is 23.1 Å². The summed E-state index contributed by atoms with van der Waals surface area (Å²) in [6.07, 6.45) is 0.542. The Balaban J connectivity index is 3.09. The summed E-state index contributed by atoms with van der Waals surface area (Å²) in [6, 6.07) is 2.48. The van der Waals surface area contributed by atoms with E-state index in [4.69, 9.17) is 10.8 Å². The first kappa shape index (κ1) is 13.6. The number of hydrogen-bond donors (Lipinski definition) is 2. The van der Waals surface area contributed by atoms with E-state index in [2.05, 4.69) is 0 Å². The number of benzene rings is 1. The molecule has 1 unspecified atom stereocenters. The fourth-order valence-corrected chi connectivity index (χ4v) is 2.08. The minimum absolute atomic E-state index is 0.248. The molecule has 17 heavy (non-hydrogen) atoms. The number of aliphatic carboxylic acids is 1. The van der Waals surface area contributed by atoms with E-state index >= 15 is 0 Å². The Morgan fingerprint density at radius 1 is 1.53 bits per heavy atom. The smallest absolute Gasteiger partial charge is 0.305 e. The van der Waals surface area contributed by atoms with Gasteiger partial charge in [0.05, 0.1) is 6.42 Å². The van der Waals surface area contributed by atoms with Crippen LogP contribution in [0.25, 0.3) is 0 Å². The molecule has 5 nitrogen and oxygen atoms in total. The predicted octanol–water partition coefficient (Wildman–Crippen LogP) is 0.704. The minimum atomic E-state index is -3.63. The summed E-state index contributed by atoms with van der Waals surface area (Å²) in [5.74, 6) is -2.03. The zero-order valence-electron chi connectivity index (χ0n) is 9.05. The fraction of sp³-hybridized carbons (Fsp3) is 0.300. The van der Waals surface area contributed by atoms with Crippen LogP contribution >= 0.6 is 0 Å². The molecule has 1 atom stereocenters. The van der Waals surface area contributed by atoms with Crippen LogP contribution in [0.5, 0.6) is 0 Å². The SMILES string of the molecule is CS(=O)(=O)c1ccc(C(N)CC(=O)O)cc1F. The second-order valence-electron chi connectivity index (χ2n) is 3.67. The average molecular weight is 261 g/mol. The molecule has 3 N–H and O–H groups in total. The Bertz CT molecular complexity index is 541. The molecule has 0 heterocycles. The lowest BCUT2D eigenvalue weighted by Gasteiger charge is -2.10. The number of sulfone groups is 1. The molecule has 0 aliphatic carbocycles. The van der Waals surface area contributed by atoms with Crippen LogP contribution in [0.4, 0.5) is 4.39 Å². The van der Waals surface area contributed by atoms with Gasteiger partial charge in [0.15, 0.2) is 9.84 Å². The standard InChI is InChI=1S/C10H12FNO4S/c1-17(15,16)9-3-2-6(4-7(9)11)8(12)5-10(13)14/h2-4,8H,5,12H2,1H3,(H,13,14). The van der Waals surface area contributed by atoms with E-state index in [0.717, 1.165) is 18.4 Å². The molecule has 1 rings (SSSR count). The van der Waals surface area contributed by atoms with Gasteiger partial charge in [-0.05, 0) is 17.7 Å². The second-order valence-corrected chi connectivity index (χ2v) is 5.65. The number of halogens is 1. The Kier molecular flexibility index (Phi) is 3.84. The van der Waals surface area contributed by atoms with Gasteiger partial charge in [-0.1, -0.05) is 6.07 Å². The van der Waals surface area contributed by atoms with Gasteiger partial charge in [-0.15, -0.1) is 0 Å². The molecule has 0 fully saturated rings. The number of nitrogens with two attached hydrogens (primary N) is 1. The van der Waals surface area contributed by atoms with Crippen molar-refractivity contribution in [3.05, 3.63) is 29.6 Å². The summed E-state index contributed by atoms with van der Waals surface area (Å²) >= 11 is 0. The van der Waals surface area contributed by atoms with Crippen molar-refractivity contribution < 1.29 is 22.7 Å². The molecular weight excluding hydrogens is 249 g/mol. The van der Waals surface area contributed by atoms with Crippen LogP contribution in [-0.4, -0.2) is 25.7 Å². The van der Waals surface area contributed by atoms with E-state index in [1.807, 2.05) is 0 Å². The van der Waals surface area contributed by atoms with Gasteiger partial charge in [0.1, 0.15) is 10.7 Å². The topological polar surface area (TPSA) is 97.5 Å². The highest BCUT2D eigenvalue weighted by Gasteiger charge is 2.17. The zero-order chi connectivity index (χ0) is 13.2. The van der Waals surface area contributed by atoms with E-state index in [9.17, 15) is 17.6 Å². The van der Waals surface area contributed by atoms with Crippen molar-refractivity contribution in [3.8, 4) is 0 Å². The third kappa shape index (κ3) is 3.50. The van der Waals surface area contributed by atoms with Crippen LogP contribution < -0.4 is 5.73 Å². The summed E-state index contributed by atoms with van der Waals surface area (Å²) in [7, 11) is -3.63. The molecule has 0 radical (unpaired) electrons. The lowest BCUT2D eigenvalue weighted by atomic mass is 10.1. The van der Waals surface area contributed by atoms with E-state index in [-0.39, 0.29) is 12.0 Å². The van der Waals surface area contributed by atoms with Crippen molar-refractivity contribution in [3.63, 3.8) is 0 Å². The lowest BCUT2D eigenvalue weighted by Crippen LogP contribution is -2.15. The van der Waals surface area contributed by atoms with Gasteiger partial charge in [-0.3, -0.25) is 4.79 Å². The number of rotatable bonds is 4. The van der Waals surface area contributed by atoms with Crippen LogP contribution in [0, 0.1) is 5.82 Å². The molecular formula is C10H12FNO4S. The largest absolute Gasteiger partial charge is 0.481 e. The molecule has 0 saturated carbocycles. The van der Waals surface area contributed by atoms with Crippen molar-refractivity contribution in [1.29, 1.82) is 0 Å². The third-order valence-corrected chi connectivity index (χ3v) is 3.31. The van der Waals surface area contributed by atoms with Gasteiger partial charge in [-0.2, -0.15) is 0 Å². The van der Waals surface area contributed by atoms with Crippen LogP contribution in [-0.2, 0) is 14.6 Å². The van der Waals surface area contributed by atoms with Crippen molar-refractivity contribution in [2.24, 2.45) is 5.73 Å². The number of carboxylic acids is 1. The maximum Gasteiger partial charge on any atom is 0.305 e. The highest BCUT2D eigenvalue weighted by molar-refractivity contribution is 7.90. The number of carbonyl (C=O) groups is 1. The molecule has 0 spiro atoms. The highest BCUT2D eigenvalue weighted by atomic mass is 32.2. The Hall–Kier alpha value is -1.47. The van der Waals surface area contributed by atoms with E-state index < -0.39 is 32.6 Å². The molecule has 0 amide bonds. The molecule has 0 aromatic heterocycles. The monoisotopic (exact) mass is 261 g/mol. The summed E-state index contributed by atoms with van der Waals surface area (Å²) in [5.41, 5.74) is 5.77. The number of carboxylic acid groups (broad SMARTS) is 1. The molecule has 94 valence electrons. The highest BCUT2D eigenvalue weighted by Crippen LogP contribution is 2.20. The predicted molar refractivity (Wildman–Crippen MR) is 58.7 cm³/mol. The Morgan fingerprint density at radius 2 is 2.12 bits per heavy atom. The third-order valence-electron chi connectivity index (χ3n) is 2.18. The summed E-state index contributed by atoms with van der Waals surface area (Å²) in [4.78, 5) is 10.00. The molecule has 1 aromatic rings. The van der Waals surface area contributed by atoms with Crippen molar-refractivity contribution in [1.82, 2.24) is 0 Å². The van der Waals surface area contributed by atoms with E-state index in [0.29, 0.717) is 0 Å².